The second-order valence-electron chi connectivity index (χ2n) is 8.45. The van der Waals surface area contributed by atoms with E-state index in [4.69, 9.17) is 9.47 Å². The Hall–Kier alpha value is -3.78. The molecule has 2 amide bonds. The van der Waals surface area contributed by atoms with Crippen LogP contribution in [-0.2, 0) is 6.54 Å². The topological polar surface area (TPSA) is 84.8 Å². The van der Waals surface area contributed by atoms with Gasteiger partial charge in [0, 0.05) is 41.4 Å². The average Bonchev–Trinajstić information content (AvgIpc) is 3.30. The van der Waals surface area contributed by atoms with E-state index in [1.165, 1.54) is 0 Å². The van der Waals surface area contributed by atoms with Crippen molar-refractivity contribution in [2.45, 2.75) is 19.9 Å². The summed E-state index contributed by atoms with van der Waals surface area (Å²) in [5, 5.41) is 6.39. The first-order chi connectivity index (χ1) is 16.4. The number of rotatable bonds is 8. The zero-order valence-corrected chi connectivity index (χ0v) is 20.0. The molecule has 0 fully saturated rings. The summed E-state index contributed by atoms with van der Waals surface area (Å²) < 4.78 is 13.5. The first kappa shape index (κ1) is 23.4. The molecule has 0 bridgehead atoms. The maximum Gasteiger partial charge on any atom is 0.319 e. The Morgan fingerprint density at radius 1 is 1.21 bits per heavy atom. The lowest BCUT2D eigenvalue weighted by atomic mass is 10.1. The molecule has 1 aromatic heterocycles. The van der Waals surface area contributed by atoms with Gasteiger partial charge in [-0.05, 0) is 76.5 Å². The largest absolute Gasteiger partial charge is 0.497 e. The predicted molar refractivity (Wildman–Crippen MR) is 134 cm³/mol. The van der Waals surface area contributed by atoms with Gasteiger partial charge in [0.05, 0.1) is 12.7 Å². The van der Waals surface area contributed by atoms with E-state index in [1.807, 2.05) is 25.1 Å². The van der Waals surface area contributed by atoms with Crippen LogP contribution in [0.4, 0.5) is 10.5 Å². The monoisotopic (exact) mass is 462 g/mol. The van der Waals surface area contributed by atoms with Crippen LogP contribution >= 0.6 is 0 Å². The Morgan fingerprint density at radius 2 is 2.03 bits per heavy atom. The lowest BCUT2D eigenvalue weighted by Crippen LogP contribution is -2.28. The molecule has 2 aromatic carbocycles. The zero-order chi connectivity index (χ0) is 24.2. The van der Waals surface area contributed by atoms with Crippen LogP contribution in [0.25, 0.3) is 17.0 Å². The van der Waals surface area contributed by atoms with Crippen LogP contribution in [0.3, 0.4) is 0 Å². The van der Waals surface area contributed by atoms with E-state index in [2.05, 4.69) is 40.4 Å². The lowest BCUT2D eigenvalue weighted by molar-refractivity contribution is 0.101. The van der Waals surface area contributed by atoms with Crippen LogP contribution < -0.4 is 20.1 Å². The van der Waals surface area contributed by atoms with Crippen molar-refractivity contribution in [3.05, 3.63) is 59.5 Å². The number of fused-ring (bicyclic) bond motifs is 2. The Kier molecular flexibility index (Phi) is 6.88. The molecular weight excluding hydrogens is 432 g/mol. The summed E-state index contributed by atoms with van der Waals surface area (Å²) in [6.07, 6.45) is 4.83. The van der Waals surface area contributed by atoms with Crippen LogP contribution in [-0.4, -0.2) is 55.6 Å². The van der Waals surface area contributed by atoms with E-state index < -0.39 is 0 Å². The van der Waals surface area contributed by atoms with Crippen LogP contribution in [0.15, 0.2) is 48.4 Å². The van der Waals surface area contributed by atoms with Gasteiger partial charge in [-0.25, -0.2) is 4.79 Å². The second-order valence-corrected chi connectivity index (χ2v) is 8.45. The van der Waals surface area contributed by atoms with E-state index in [0.29, 0.717) is 23.5 Å². The average molecular weight is 463 g/mol. The third-order valence-corrected chi connectivity index (χ3v) is 5.67. The van der Waals surface area contributed by atoms with Crippen molar-refractivity contribution in [1.82, 2.24) is 14.8 Å². The van der Waals surface area contributed by atoms with Gasteiger partial charge in [-0.15, -0.1) is 0 Å². The molecule has 0 spiro atoms. The molecule has 0 radical (unpaired) electrons. The maximum atomic E-state index is 13.1. The van der Waals surface area contributed by atoms with Crippen molar-refractivity contribution >= 4 is 34.5 Å². The number of ether oxygens (including phenoxy) is 2. The second kappa shape index (κ2) is 10.0. The van der Waals surface area contributed by atoms with Gasteiger partial charge >= 0.3 is 6.03 Å². The number of benzene rings is 2. The van der Waals surface area contributed by atoms with Gasteiger partial charge in [-0.3, -0.25) is 4.79 Å². The van der Waals surface area contributed by atoms with Crippen molar-refractivity contribution in [3.8, 4) is 11.5 Å². The fourth-order valence-electron chi connectivity index (χ4n) is 4.03. The van der Waals surface area contributed by atoms with Crippen molar-refractivity contribution in [1.29, 1.82) is 0 Å². The van der Waals surface area contributed by atoms with Gasteiger partial charge in [0.2, 0.25) is 5.78 Å². The quantitative estimate of drug-likeness (QED) is 0.486. The molecule has 178 valence electrons. The first-order valence-corrected chi connectivity index (χ1v) is 11.3. The number of hydrogen-bond acceptors (Lipinski definition) is 5. The van der Waals surface area contributed by atoms with Crippen molar-refractivity contribution in [2.24, 2.45) is 0 Å². The molecule has 1 aliphatic rings. The predicted octanol–water partition coefficient (Wildman–Crippen LogP) is 4.36. The number of carbonyl (C=O) groups excluding carboxylic acids is 2. The van der Waals surface area contributed by atoms with Crippen molar-refractivity contribution in [3.63, 3.8) is 0 Å². The van der Waals surface area contributed by atoms with Crippen LogP contribution in [0.5, 0.6) is 11.5 Å². The highest BCUT2D eigenvalue weighted by atomic mass is 16.5. The van der Waals surface area contributed by atoms with Crippen LogP contribution in [0.2, 0.25) is 0 Å². The Labute approximate surface area is 199 Å². The minimum Gasteiger partial charge on any atom is -0.497 e. The van der Waals surface area contributed by atoms with Gasteiger partial charge in [-0.1, -0.05) is 0 Å². The summed E-state index contributed by atoms with van der Waals surface area (Å²) in [4.78, 5) is 27.1. The molecule has 0 atom stereocenters. The summed E-state index contributed by atoms with van der Waals surface area (Å²) in [5.41, 5.74) is 2.91. The summed E-state index contributed by atoms with van der Waals surface area (Å²) >= 11 is 0. The fraction of sp³-hybridized carbons (Fsp3) is 0.308. The van der Waals surface area contributed by atoms with E-state index in [9.17, 15) is 9.59 Å². The minimum absolute atomic E-state index is 0.217. The molecule has 2 heterocycles. The highest BCUT2D eigenvalue weighted by Crippen LogP contribution is 2.35. The van der Waals surface area contributed by atoms with E-state index >= 15 is 0 Å². The Bertz CT molecular complexity index is 1260. The van der Waals surface area contributed by atoms with E-state index in [-0.39, 0.29) is 17.6 Å². The molecule has 0 saturated heterocycles. The van der Waals surface area contributed by atoms with E-state index in [1.54, 1.807) is 31.4 Å². The maximum absolute atomic E-state index is 13.1. The van der Waals surface area contributed by atoms with Crippen LogP contribution in [0.1, 0.15) is 29.3 Å². The smallest absolute Gasteiger partial charge is 0.319 e. The molecule has 8 nitrogen and oxygen atoms in total. The highest BCUT2D eigenvalue weighted by molar-refractivity contribution is 6.15. The minimum atomic E-state index is -0.319. The molecule has 4 rings (SSSR count). The number of aryl methyl sites for hydroxylation is 1. The number of nitrogens with one attached hydrogen (secondary N) is 2. The van der Waals surface area contributed by atoms with Crippen molar-refractivity contribution < 1.29 is 19.1 Å². The van der Waals surface area contributed by atoms with Gasteiger partial charge in [0.1, 0.15) is 11.5 Å². The number of nitrogens with zero attached hydrogens (tertiary/aromatic N) is 2. The molecule has 34 heavy (non-hydrogen) atoms. The highest BCUT2D eigenvalue weighted by Gasteiger charge is 2.28. The van der Waals surface area contributed by atoms with Gasteiger partial charge in [0.25, 0.3) is 0 Å². The summed E-state index contributed by atoms with van der Waals surface area (Å²) in [5.74, 6) is 1.26. The number of Topliss-reactive ketones (excluding diaryl/α,β-unsaturated/α-hetero) is 1. The van der Waals surface area contributed by atoms with Gasteiger partial charge in [-0.2, -0.15) is 0 Å². The number of anilines is 1. The van der Waals surface area contributed by atoms with Crippen molar-refractivity contribution in [2.75, 3.05) is 39.6 Å². The number of urea groups is 1. The van der Waals surface area contributed by atoms with E-state index in [0.717, 1.165) is 41.7 Å². The molecule has 8 heteroatoms. The molecule has 0 saturated carbocycles. The molecule has 0 aliphatic carbocycles. The number of methoxy groups -OCH3 is 1. The Balaban J connectivity index is 1.64. The summed E-state index contributed by atoms with van der Waals surface area (Å²) in [7, 11) is 5.76. The van der Waals surface area contributed by atoms with Gasteiger partial charge < -0.3 is 29.6 Å². The number of allylic oxidation sites excluding steroid dienone is 1. The Morgan fingerprint density at radius 3 is 2.76 bits per heavy atom. The standard InChI is InChI=1S/C26H30N4O4/c1-5-27-26(32)28-18-7-10-23-21(14-18)25(31)24(34-23)13-17-16-30(12-6-11-29(2)3)22-9-8-19(33-4)15-20(17)22/h7-10,13-16H,5-6,11-12H2,1-4H3,(H2,27,28,32). The van der Waals surface area contributed by atoms with Crippen LogP contribution in [0, 0.1) is 0 Å². The molecule has 2 N–H and O–H groups in total. The normalized spacial score (nSPS) is 13.9. The number of ketones is 1. The number of amides is 2. The first-order valence-electron chi connectivity index (χ1n) is 11.3. The lowest BCUT2D eigenvalue weighted by Gasteiger charge is -2.10. The molecular formula is C26H30N4O4. The summed E-state index contributed by atoms with van der Waals surface area (Å²) in [6.45, 7) is 4.19. The number of hydrogen-bond donors (Lipinski definition) is 2. The fourth-order valence-corrected chi connectivity index (χ4v) is 4.03. The molecule has 0 unspecified atom stereocenters. The zero-order valence-electron chi connectivity index (χ0n) is 20.0. The third-order valence-electron chi connectivity index (χ3n) is 5.67. The third kappa shape index (κ3) is 4.92. The number of carbonyl (C=O) groups is 2. The molecule has 3 aromatic rings. The summed E-state index contributed by atoms with van der Waals surface area (Å²) in [6, 6.07) is 10.7. The van der Waals surface area contributed by atoms with Gasteiger partial charge in [0.15, 0.2) is 5.76 Å². The number of aromatic nitrogens is 1. The molecule has 1 aliphatic heterocycles. The SMILES string of the molecule is CCNC(=O)Nc1ccc2c(c1)C(=O)C(=Cc1cn(CCCN(C)C)c3ccc(OC)cc13)O2.